The van der Waals surface area contributed by atoms with Crippen LogP contribution in [0.2, 0.25) is 5.02 Å². The predicted molar refractivity (Wildman–Crippen MR) is 97.8 cm³/mol. The number of alkyl halides is 3. The van der Waals surface area contributed by atoms with E-state index >= 15 is 0 Å². The minimum atomic E-state index is -4.53. The van der Waals surface area contributed by atoms with Gasteiger partial charge >= 0.3 is 6.18 Å². The predicted octanol–water partition coefficient (Wildman–Crippen LogP) is 5.02. The molecule has 0 saturated carbocycles. The molecule has 0 aliphatic carbocycles. The van der Waals surface area contributed by atoms with Gasteiger partial charge in [0.2, 0.25) is 5.13 Å². The maximum absolute atomic E-state index is 13.0. The Hall–Kier alpha value is -2.66. The van der Waals surface area contributed by atoms with Crippen molar-refractivity contribution in [2.24, 2.45) is 0 Å². The van der Waals surface area contributed by atoms with Gasteiger partial charge in [-0.2, -0.15) is 27.9 Å². The fourth-order valence-corrected chi connectivity index (χ4v) is 3.62. The highest BCUT2D eigenvalue weighted by Gasteiger charge is 2.32. The summed E-state index contributed by atoms with van der Waals surface area (Å²) >= 11 is 7.34. The molecule has 7 nitrogen and oxygen atoms in total. The van der Waals surface area contributed by atoms with Crippen LogP contribution in [0, 0.1) is 6.92 Å². The maximum Gasteiger partial charge on any atom is 0.416 e. The van der Waals surface area contributed by atoms with Crippen LogP contribution in [0.25, 0.3) is 16.2 Å². The lowest BCUT2D eigenvalue weighted by atomic mass is 10.2. The number of halogens is 4. The van der Waals surface area contributed by atoms with Crippen LogP contribution in [-0.2, 0) is 6.18 Å². The number of aromatic nitrogens is 5. The highest BCUT2D eigenvalue weighted by Crippen LogP contribution is 2.36. The largest absolute Gasteiger partial charge is 0.422 e. The fraction of sp³-hybridized carbons (Fsp3) is 0.250. The molecule has 3 aromatic heterocycles. The number of aryl methyl sites for hydroxylation is 1. The summed E-state index contributed by atoms with van der Waals surface area (Å²) in [4.78, 5) is 12.7. The Morgan fingerprint density at radius 3 is 2.75 bits per heavy atom. The summed E-state index contributed by atoms with van der Waals surface area (Å²) < 4.78 is 45.9. The second-order valence-electron chi connectivity index (χ2n) is 5.99. The molecule has 1 aromatic carbocycles. The zero-order valence-electron chi connectivity index (χ0n) is 14.5. The van der Waals surface area contributed by atoms with Crippen molar-refractivity contribution in [3.8, 4) is 5.13 Å². The van der Waals surface area contributed by atoms with Crippen molar-refractivity contribution in [1.82, 2.24) is 24.7 Å². The lowest BCUT2D eigenvalue weighted by Crippen LogP contribution is -2.13. The van der Waals surface area contributed by atoms with Gasteiger partial charge in [0.05, 0.1) is 22.3 Å². The molecule has 0 bridgehead atoms. The van der Waals surface area contributed by atoms with E-state index in [-0.39, 0.29) is 22.1 Å². The minimum Gasteiger partial charge on any atom is -0.422 e. The van der Waals surface area contributed by atoms with Crippen molar-refractivity contribution in [1.29, 1.82) is 0 Å². The summed E-state index contributed by atoms with van der Waals surface area (Å²) in [6, 6.07) is 1.31. The van der Waals surface area contributed by atoms with Gasteiger partial charge in [-0.15, -0.1) is 11.3 Å². The highest BCUT2D eigenvalue weighted by atomic mass is 35.5. The molecule has 3 heterocycles. The summed E-state index contributed by atoms with van der Waals surface area (Å²) in [5, 5.41) is 9.52. The van der Waals surface area contributed by atoms with Crippen LogP contribution in [-0.4, -0.2) is 24.7 Å². The van der Waals surface area contributed by atoms with Crippen LogP contribution in [0.15, 0.2) is 28.3 Å². The second-order valence-corrected chi connectivity index (χ2v) is 7.23. The minimum absolute atomic E-state index is 0.00606. The Kier molecular flexibility index (Phi) is 4.50. The van der Waals surface area contributed by atoms with Crippen molar-refractivity contribution in [2.45, 2.75) is 26.1 Å². The summed E-state index contributed by atoms with van der Waals surface area (Å²) in [6.45, 7) is 3.66. The number of oxazole rings is 1. The third kappa shape index (κ3) is 3.42. The SMILES string of the molecule is Cc1csc(-n2ncnc2[C@H](C)Nc2nc3cc(C(F)(F)F)cc(Cl)c3o2)n1. The standard InChI is InChI=1S/C16H12ClF3N6OS/c1-7-5-28-15(23-7)26-13(21-6-22-26)8(2)24-14-25-11-4-9(16(18,19)20)3-10(17)12(11)27-14/h3-6,8H,1-2H3,(H,24,25)/t8-/m0/s1. The van der Waals surface area contributed by atoms with Crippen LogP contribution >= 0.6 is 22.9 Å². The van der Waals surface area contributed by atoms with Crippen molar-refractivity contribution in [2.75, 3.05) is 5.32 Å². The molecule has 0 fully saturated rings. The van der Waals surface area contributed by atoms with Gasteiger partial charge in [0.1, 0.15) is 11.8 Å². The van der Waals surface area contributed by atoms with E-state index in [1.807, 2.05) is 12.3 Å². The van der Waals surface area contributed by atoms with Gasteiger partial charge in [-0.25, -0.2) is 9.97 Å². The van der Waals surface area contributed by atoms with E-state index in [1.54, 1.807) is 11.6 Å². The number of nitrogens with one attached hydrogen (secondary N) is 1. The van der Waals surface area contributed by atoms with Gasteiger partial charge in [-0.05, 0) is 26.0 Å². The summed E-state index contributed by atoms with van der Waals surface area (Å²) in [6.07, 6.45) is -3.14. The van der Waals surface area contributed by atoms with Crippen molar-refractivity contribution < 1.29 is 17.6 Å². The van der Waals surface area contributed by atoms with Gasteiger partial charge in [0, 0.05) is 5.38 Å². The quantitative estimate of drug-likeness (QED) is 0.491. The van der Waals surface area contributed by atoms with E-state index in [0.29, 0.717) is 11.0 Å². The second kappa shape index (κ2) is 6.74. The normalized spacial score (nSPS) is 13.2. The van der Waals surface area contributed by atoms with Gasteiger partial charge in [0.15, 0.2) is 11.4 Å². The number of rotatable bonds is 4. The first-order chi connectivity index (χ1) is 13.2. The van der Waals surface area contributed by atoms with Gasteiger partial charge in [-0.1, -0.05) is 11.6 Å². The molecular weight excluding hydrogens is 417 g/mol. The zero-order chi connectivity index (χ0) is 20.1. The van der Waals surface area contributed by atoms with Crippen LogP contribution in [0.4, 0.5) is 19.2 Å². The molecule has 0 amide bonds. The zero-order valence-corrected chi connectivity index (χ0v) is 16.0. The van der Waals surface area contributed by atoms with E-state index in [1.165, 1.54) is 17.7 Å². The summed E-state index contributed by atoms with van der Waals surface area (Å²) in [5.74, 6) is 0.540. The Balaban J connectivity index is 1.64. The smallest absolute Gasteiger partial charge is 0.416 e. The monoisotopic (exact) mass is 428 g/mol. The third-order valence-corrected chi connectivity index (χ3v) is 5.08. The van der Waals surface area contributed by atoms with Crippen LogP contribution in [0.1, 0.15) is 30.0 Å². The molecular formula is C16H12ClF3N6OS. The topological polar surface area (TPSA) is 81.7 Å². The van der Waals surface area contributed by atoms with Crippen LogP contribution < -0.4 is 5.32 Å². The highest BCUT2D eigenvalue weighted by molar-refractivity contribution is 7.12. The average Bonchev–Trinajstić information content (AvgIpc) is 3.32. The lowest BCUT2D eigenvalue weighted by Gasteiger charge is -2.11. The molecule has 0 aliphatic heterocycles. The Morgan fingerprint density at radius 1 is 1.29 bits per heavy atom. The van der Waals surface area contributed by atoms with E-state index in [0.717, 1.165) is 17.8 Å². The van der Waals surface area contributed by atoms with Gasteiger partial charge in [-0.3, -0.25) is 0 Å². The van der Waals surface area contributed by atoms with Crippen molar-refractivity contribution in [3.05, 3.63) is 45.9 Å². The first kappa shape index (κ1) is 18.7. The van der Waals surface area contributed by atoms with Crippen molar-refractivity contribution in [3.63, 3.8) is 0 Å². The maximum atomic E-state index is 13.0. The first-order valence-corrected chi connectivity index (χ1v) is 9.24. The number of thiazole rings is 1. The molecule has 4 aromatic rings. The molecule has 0 aliphatic rings. The Labute approximate surface area is 165 Å². The molecule has 0 unspecified atom stereocenters. The number of nitrogens with zero attached hydrogens (tertiary/aromatic N) is 5. The van der Waals surface area contributed by atoms with Gasteiger partial charge < -0.3 is 9.73 Å². The summed E-state index contributed by atoms with van der Waals surface area (Å²) in [7, 11) is 0. The molecule has 28 heavy (non-hydrogen) atoms. The van der Waals surface area contributed by atoms with Crippen LogP contribution in [0.5, 0.6) is 0 Å². The van der Waals surface area contributed by atoms with E-state index in [2.05, 4.69) is 25.4 Å². The third-order valence-electron chi connectivity index (χ3n) is 3.86. The molecule has 1 atom stereocenters. The molecule has 146 valence electrons. The molecule has 12 heteroatoms. The Bertz CT molecular complexity index is 1150. The average molecular weight is 429 g/mol. The number of anilines is 1. The fourth-order valence-electron chi connectivity index (χ4n) is 2.60. The molecule has 0 radical (unpaired) electrons. The first-order valence-electron chi connectivity index (χ1n) is 7.98. The van der Waals surface area contributed by atoms with E-state index < -0.39 is 17.8 Å². The van der Waals surface area contributed by atoms with Gasteiger partial charge in [0.25, 0.3) is 6.01 Å². The van der Waals surface area contributed by atoms with Crippen molar-refractivity contribution >= 4 is 40.1 Å². The number of fused-ring (bicyclic) bond motifs is 1. The number of hydrogen-bond donors (Lipinski definition) is 1. The summed E-state index contributed by atoms with van der Waals surface area (Å²) in [5.41, 5.74) is 0.0424. The molecule has 1 N–H and O–H groups in total. The van der Waals surface area contributed by atoms with E-state index in [4.69, 9.17) is 16.0 Å². The Morgan fingerprint density at radius 2 is 2.07 bits per heavy atom. The molecule has 0 saturated heterocycles. The van der Waals surface area contributed by atoms with E-state index in [9.17, 15) is 13.2 Å². The number of hydrogen-bond acceptors (Lipinski definition) is 7. The number of benzene rings is 1. The van der Waals surface area contributed by atoms with Crippen LogP contribution in [0.3, 0.4) is 0 Å². The molecule has 0 spiro atoms. The molecule has 4 rings (SSSR count). The lowest BCUT2D eigenvalue weighted by molar-refractivity contribution is -0.137.